The number of aryl methyl sites for hydroxylation is 1. The van der Waals surface area contributed by atoms with Crippen LogP contribution in [0.4, 0.5) is 0 Å². The zero-order valence-corrected chi connectivity index (χ0v) is 16.6. The van der Waals surface area contributed by atoms with Gasteiger partial charge in [0.15, 0.2) is 11.6 Å². The molecule has 2 aliphatic rings. The molecule has 4 heteroatoms. The SMILES string of the molecule is CCOC(=O)[C@H]1[C@H](C(=O)c2ccc(C)cc2)[C@H]2C[C@@H]1C(=O)/C2=C/c1ccccc1. The second kappa shape index (κ2) is 7.78. The highest BCUT2D eigenvalue weighted by Gasteiger charge is 2.60. The van der Waals surface area contributed by atoms with Crippen molar-refractivity contribution in [2.24, 2.45) is 23.7 Å². The zero-order chi connectivity index (χ0) is 20.5. The summed E-state index contributed by atoms with van der Waals surface area (Å²) in [6, 6.07) is 17.0. The predicted octanol–water partition coefficient (Wildman–Crippen LogP) is 4.28. The molecule has 0 amide bonds. The standard InChI is InChI=1S/C25H24O4/c1-3-29-25(28)22-20-14-18(19(24(20)27)13-16-7-5-4-6-8-16)21(22)23(26)17-11-9-15(2)10-12-17/h4-13,18,20-22H,3,14H2,1-2H3/b19-13+/t18-,20-,21+,22+/m0/s1. The minimum Gasteiger partial charge on any atom is -0.466 e. The van der Waals surface area contributed by atoms with Gasteiger partial charge < -0.3 is 4.74 Å². The van der Waals surface area contributed by atoms with Crippen molar-refractivity contribution in [3.05, 3.63) is 76.9 Å². The monoisotopic (exact) mass is 388 g/mol. The summed E-state index contributed by atoms with van der Waals surface area (Å²) in [5.41, 5.74) is 3.23. The molecule has 0 unspecified atom stereocenters. The molecule has 0 N–H and O–H groups in total. The lowest BCUT2D eigenvalue weighted by molar-refractivity contribution is -0.152. The normalized spacial score (nSPS) is 26.7. The summed E-state index contributed by atoms with van der Waals surface area (Å²) in [7, 11) is 0. The Morgan fingerprint density at radius 1 is 1.00 bits per heavy atom. The fourth-order valence-electron chi connectivity index (χ4n) is 4.77. The van der Waals surface area contributed by atoms with Gasteiger partial charge in [-0.1, -0.05) is 60.2 Å². The number of Topliss-reactive ketones (excluding diaryl/α,β-unsaturated/α-hetero) is 2. The van der Waals surface area contributed by atoms with Crippen LogP contribution in [-0.2, 0) is 14.3 Å². The summed E-state index contributed by atoms with van der Waals surface area (Å²) in [6.45, 7) is 3.94. The summed E-state index contributed by atoms with van der Waals surface area (Å²) in [5.74, 6) is -2.53. The van der Waals surface area contributed by atoms with E-state index in [-0.39, 0.29) is 24.1 Å². The Kier molecular flexibility index (Phi) is 5.18. The summed E-state index contributed by atoms with van der Waals surface area (Å²) in [5, 5.41) is 0. The van der Waals surface area contributed by atoms with Crippen LogP contribution in [0.1, 0.15) is 34.8 Å². The van der Waals surface area contributed by atoms with Gasteiger partial charge in [0.05, 0.1) is 12.5 Å². The fourth-order valence-corrected chi connectivity index (χ4v) is 4.77. The Bertz CT molecular complexity index is 972. The van der Waals surface area contributed by atoms with Crippen LogP contribution >= 0.6 is 0 Å². The fraction of sp³-hybridized carbons (Fsp3) is 0.320. The maximum Gasteiger partial charge on any atom is 0.310 e. The molecule has 2 aromatic carbocycles. The first-order valence-electron chi connectivity index (χ1n) is 10.1. The topological polar surface area (TPSA) is 60.4 Å². The second-order valence-electron chi connectivity index (χ2n) is 7.86. The van der Waals surface area contributed by atoms with E-state index in [1.54, 1.807) is 19.1 Å². The van der Waals surface area contributed by atoms with Crippen molar-refractivity contribution in [3.63, 3.8) is 0 Å². The third-order valence-electron chi connectivity index (χ3n) is 6.10. The summed E-state index contributed by atoms with van der Waals surface area (Å²) >= 11 is 0. The average Bonchev–Trinajstić information content (AvgIpc) is 3.26. The molecule has 29 heavy (non-hydrogen) atoms. The van der Waals surface area contributed by atoms with E-state index >= 15 is 0 Å². The van der Waals surface area contributed by atoms with Gasteiger partial charge in [0.1, 0.15) is 0 Å². The molecule has 2 aliphatic carbocycles. The van der Waals surface area contributed by atoms with Gasteiger partial charge in [0.25, 0.3) is 0 Å². The van der Waals surface area contributed by atoms with Gasteiger partial charge in [-0.15, -0.1) is 0 Å². The van der Waals surface area contributed by atoms with Gasteiger partial charge in [0.2, 0.25) is 0 Å². The molecule has 0 aliphatic heterocycles. The van der Waals surface area contributed by atoms with Crippen LogP contribution in [0.3, 0.4) is 0 Å². The Balaban J connectivity index is 1.74. The van der Waals surface area contributed by atoms with Crippen LogP contribution in [0.15, 0.2) is 60.2 Å². The molecule has 4 rings (SSSR count). The number of hydrogen-bond donors (Lipinski definition) is 0. The lowest BCUT2D eigenvalue weighted by atomic mass is 9.72. The molecule has 0 spiro atoms. The lowest BCUT2D eigenvalue weighted by Gasteiger charge is -2.29. The van der Waals surface area contributed by atoms with Gasteiger partial charge in [0, 0.05) is 17.4 Å². The van der Waals surface area contributed by atoms with Crippen LogP contribution in [0.2, 0.25) is 0 Å². The molecule has 2 saturated carbocycles. The van der Waals surface area contributed by atoms with Crippen molar-refractivity contribution in [2.45, 2.75) is 20.3 Å². The second-order valence-corrected chi connectivity index (χ2v) is 7.86. The van der Waals surface area contributed by atoms with E-state index in [1.165, 1.54) is 0 Å². The van der Waals surface area contributed by atoms with Crippen LogP contribution < -0.4 is 0 Å². The van der Waals surface area contributed by atoms with E-state index < -0.39 is 23.7 Å². The third kappa shape index (κ3) is 3.44. The molecule has 148 valence electrons. The molecule has 0 radical (unpaired) electrons. The van der Waals surface area contributed by atoms with Crippen LogP contribution in [0.5, 0.6) is 0 Å². The summed E-state index contributed by atoms with van der Waals surface area (Å²) < 4.78 is 5.25. The molecule has 2 aromatic rings. The summed E-state index contributed by atoms with van der Waals surface area (Å²) in [6.07, 6.45) is 2.41. The van der Waals surface area contributed by atoms with Crippen molar-refractivity contribution >= 4 is 23.6 Å². The van der Waals surface area contributed by atoms with Crippen molar-refractivity contribution in [3.8, 4) is 0 Å². The highest BCUT2D eigenvalue weighted by molar-refractivity contribution is 6.11. The molecule has 0 aromatic heterocycles. The van der Waals surface area contributed by atoms with Crippen molar-refractivity contribution in [1.82, 2.24) is 0 Å². The maximum atomic E-state index is 13.4. The zero-order valence-electron chi connectivity index (χ0n) is 16.6. The van der Waals surface area contributed by atoms with Gasteiger partial charge in [-0.25, -0.2) is 0 Å². The first-order valence-corrected chi connectivity index (χ1v) is 10.1. The number of benzene rings is 2. The Morgan fingerprint density at radius 2 is 1.69 bits per heavy atom. The van der Waals surface area contributed by atoms with E-state index in [1.807, 2.05) is 55.5 Å². The quantitative estimate of drug-likeness (QED) is 0.436. The highest BCUT2D eigenvalue weighted by atomic mass is 16.5. The molecule has 0 saturated heterocycles. The van der Waals surface area contributed by atoms with Gasteiger partial charge in [-0.05, 0) is 43.4 Å². The minimum atomic E-state index is -0.700. The van der Waals surface area contributed by atoms with E-state index in [0.29, 0.717) is 17.6 Å². The predicted molar refractivity (Wildman–Crippen MR) is 110 cm³/mol. The molecule has 0 heterocycles. The average molecular weight is 388 g/mol. The van der Waals surface area contributed by atoms with E-state index in [2.05, 4.69) is 0 Å². The number of allylic oxidation sites excluding steroid dienone is 1. The Morgan fingerprint density at radius 3 is 2.34 bits per heavy atom. The van der Waals surface area contributed by atoms with Crippen molar-refractivity contribution in [2.75, 3.05) is 6.61 Å². The Hall–Kier alpha value is -3.01. The van der Waals surface area contributed by atoms with Crippen LogP contribution in [0.25, 0.3) is 6.08 Å². The lowest BCUT2D eigenvalue weighted by Crippen LogP contribution is -2.40. The largest absolute Gasteiger partial charge is 0.466 e. The molecule has 2 fully saturated rings. The third-order valence-corrected chi connectivity index (χ3v) is 6.10. The first-order chi connectivity index (χ1) is 14.0. The van der Waals surface area contributed by atoms with Crippen molar-refractivity contribution < 1.29 is 19.1 Å². The number of hydrogen-bond acceptors (Lipinski definition) is 4. The first kappa shape index (κ1) is 19.3. The highest BCUT2D eigenvalue weighted by Crippen LogP contribution is 2.54. The van der Waals surface area contributed by atoms with Gasteiger partial charge in [-0.3, -0.25) is 14.4 Å². The number of carbonyl (C=O) groups is 3. The number of ether oxygens (including phenoxy) is 1. The van der Waals surface area contributed by atoms with Crippen LogP contribution in [-0.4, -0.2) is 24.1 Å². The minimum absolute atomic E-state index is 0.0233. The smallest absolute Gasteiger partial charge is 0.310 e. The number of carbonyl (C=O) groups excluding carboxylic acids is 3. The molecular formula is C25H24O4. The van der Waals surface area contributed by atoms with E-state index in [0.717, 1.165) is 11.1 Å². The Labute approximate surface area is 170 Å². The van der Waals surface area contributed by atoms with Gasteiger partial charge >= 0.3 is 5.97 Å². The molecule has 2 bridgehead atoms. The van der Waals surface area contributed by atoms with Gasteiger partial charge in [-0.2, -0.15) is 0 Å². The molecule has 4 nitrogen and oxygen atoms in total. The van der Waals surface area contributed by atoms with Crippen LogP contribution in [0, 0.1) is 30.6 Å². The maximum absolute atomic E-state index is 13.4. The number of esters is 1. The van der Waals surface area contributed by atoms with E-state index in [9.17, 15) is 14.4 Å². The van der Waals surface area contributed by atoms with Crippen molar-refractivity contribution in [1.29, 1.82) is 0 Å². The van der Waals surface area contributed by atoms with E-state index in [4.69, 9.17) is 4.74 Å². The number of rotatable bonds is 5. The number of ketones is 2. The number of fused-ring (bicyclic) bond motifs is 2. The molecular weight excluding hydrogens is 364 g/mol. The molecule has 4 atom stereocenters. The summed E-state index contributed by atoms with van der Waals surface area (Å²) in [4.78, 5) is 39.2.